The molecule has 5 N–H and O–H groups in total. The minimum absolute atomic E-state index is 0.114. The molecule has 0 unspecified atom stereocenters. The Morgan fingerprint density at radius 1 is 1.05 bits per heavy atom. The van der Waals surface area contributed by atoms with Gasteiger partial charge in [0.25, 0.3) is 0 Å². The molecule has 0 radical (unpaired) electrons. The number of fused-ring (bicyclic) bond motifs is 1. The molecule has 3 aromatic carbocycles. The molecule has 4 rings (SSSR count). The highest BCUT2D eigenvalue weighted by atomic mass is 16.7. The molecule has 1 aliphatic heterocycles. The minimum atomic E-state index is -0.636. The molecular weight excluding hydrogens is 486 g/mol. The Kier molecular flexibility index (Phi) is 8.06. The van der Waals surface area contributed by atoms with Gasteiger partial charge in [-0.1, -0.05) is 44.2 Å². The Bertz CT molecular complexity index is 1320. The third kappa shape index (κ3) is 6.76. The van der Waals surface area contributed by atoms with Crippen LogP contribution in [0.2, 0.25) is 0 Å². The summed E-state index contributed by atoms with van der Waals surface area (Å²) >= 11 is 0. The second-order valence-corrected chi connectivity index (χ2v) is 9.58. The smallest absolute Gasteiger partial charge is 0.412 e. The number of nitrogen functional groups attached to an aromatic ring is 1. The molecule has 0 bridgehead atoms. The average Bonchev–Trinajstić information content (AvgIpc) is 3.35. The first-order chi connectivity index (χ1) is 18.2. The molecule has 38 heavy (non-hydrogen) atoms. The fraction of sp³-hybridized carbons (Fsp3) is 0.241. The van der Waals surface area contributed by atoms with Gasteiger partial charge in [-0.3, -0.25) is 10.1 Å². The molecule has 0 fully saturated rings. The van der Waals surface area contributed by atoms with Crippen molar-refractivity contribution in [1.82, 2.24) is 0 Å². The third-order valence-corrected chi connectivity index (χ3v) is 6.19. The number of hydrogen-bond acceptors (Lipinski definition) is 7. The standard InChI is InChI=1S/C29H31N3O6/c1-29(2,16-6-5-9-26(34)32-23-8-4-3-7-22(23)30)27(19-10-13-21(33)14-11-19)38-28(35)31-20-12-15-24-25(17-20)37-18-36-24/h3-5,7-15,17,27,33H,6,16,18,30H2,1-2H3,(H,31,35)(H,32,34)/b9-5+/t27-/m1/s1. The topological polar surface area (TPSA) is 132 Å². The van der Waals surface area contributed by atoms with Crippen LogP contribution in [-0.2, 0) is 9.53 Å². The normalized spacial score (nSPS) is 13.2. The molecule has 0 spiro atoms. The quantitative estimate of drug-likeness (QED) is 0.202. The summed E-state index contributed by atoms with van der Waals surface area (Å²) in [6.45, 7) is 4.10. The number of nitrogens with two attached hydrogens (primary N) is 1. The highest BCUT2D eigenvalue weighted by molar-refractivity contribution is 6.01. The summed E-state index contributed by atoms with van der Waals surface area (Å²) < 4.78 is 16.6. The number of benzene rings is 3. The van der Waals surface area contributed by atoms with Gasteiger partial charge in [0.15, 0.2) is 11.5 Å². The fourth-order valence-electron chi connectivity index (χ4n) is 4.12. The lowest BCUT2D eigenvalue weighted by atomic mass is 9.78. The number of phenols is 1. The number of hydrogen-bond donors (Lipinski definition) is 4. The molecule has 1 aliphatic rings. The number of amides is 2. The molecule has 3 aromatic rings. The lowest BCUT2D eigenvalue weighted by Crippen LogP contribution is -2.29. The van der Waals surface area contributed by atoms with E-state index in [-0.39, 0.29) is 18.4 Å². The predicted octanol–water partition coefficient (Wildman–Crippen LogP) is 5.99. The van der Waals surface area contributed by atoms with Gasteiger partial charge in [0, 0.05) is 17.2 Å². The third-order valence-electron chi connectivity index (χ3n) is 6.19. The molecule has 0 aliphatic carbocycles. The Balaban J connectivity index is 1.41. The van der Waals surface area contributed by atoms with Crippen LogP contribution in [0.25, 0.3) is 0 Å². The highest BCUT2D eigenvalue weighted by Crippen LogP contribution is 2.41. The maximum atomic E-state index is 12.9. The van der Waals surface area contributed by atoms with Gasteiger partial charge in [0.05, 0.1) is 11.4 Å². The van der Waals surface area contributed by atoms with Crippen LogP contribution in [-0.4, -0.2) is 23.9 Å². The Hall–Kier alpha value is -4.66. The second kappa shape index (κ2) is 11.6. The van der Waals surface area contributed by atoms with E-state index in [9.17, 15) is 14.7 Å². The van der Waals surface area contributed by atoms with Crippen LogP contribution >= 0.6 is 0 Å². The fourth-order valence-corrected chi connectivity index (χ4v) is 4.12. The average molecular weight is 518 g/mol. The monoisotopic (exact) mass is 517 g/mol. The van der Waals surface area contributed by atoms with Gasteiger partial charge in [-0.15, -0.1) is 0 Å². The lowest BCUT2D eigenvalue weighted by Gasteiger charge is -2.34. The molecule has 198 valence electrons. The van der Waals surface area contributed by atoms with Crippen LogP contribution in [0.5, 0.6) is 17.2 Å². The zero-order valence-electron chi connectivity index (χ0n) is 21.3. The van der Waals surface area contributed by atoms with E-state index < -0.39 is 17.6 Å². The van der Waals surface area contributed by atoms with E-state index in [4.69, 9.17) is 19.9 Å². The van der Waals surface area contributed by atoms with E-state index in [1.807, 2.05) is 13.8 Å². The summed E-state index contributed by atoms with van der Waals surface area (Å²) in [5.41, 5.74) is 7.64. The molecule has 1 heterocycles. The number of aromatic hydroxyl groups is 1. The number of anilines is 3. The van der Waals surface area contributed by atoms with Gasteiger partial charge < -0.3 is 30.4 Å². The van der Waals surface area contributed by atoms with E-state index in [1.54, 1.807) is 72.8 Å². The summed E-state index contributed by atoms with van der Waals surface area (Å²) in [4.78, 5) is 25.2. The van der Waals surface area contributed by atoms with E-state index in [0.29, 0.717) is 41.4 Å². The summed E-state index contributed by atoms with van der Waals surface area (Å²) in [7, 11) is 0. The number of para-hydroxylation sites is 2. The summed E-state index contributed by atoms with van der Waals surface area (Å²) in [5, 5.41) is 15.2. The molecule has 0 saturated carbocycles. The van der Waals surface area contributed by atoms with Crippen LogP contribution in [0.15, 0.2) is 78.9 Å². The predicted molar refractivity (Wildman–Crippen MR) is 145 cm³/mol. The number of phenolic OH excluding ortho intramolecular Hbond substituents is 1. The van der Waals surface area contributed by atoms with Crippen molar-refractivity contribution in [3.63, 3.8) is 0 Å². The first-order valence-corrected chi connectivity index (χ1v) is 12.2. The number of allylic oxidation sites excluding steroid dienone is 1. The van der Waals surface area contributed by atoms with Crippen LogP contribution in [0.4, 0.5) is 21.9 Å². The number of carbonyl (C=O) groups excluding carboxylic acids is 2. The molecule has 1 atom stereocenters. The van der Waals surface area contributed by atoms with E-state index in [2.05, 4.69) is 10.6 Å². The molecule has 0 saturated heterocycles. The first-order valence-electron chi connectivity index (χ1n) is 12.2. The molecular formula is C29H31N3O6. The molecule has 9 nitrogen and oxygen atoms in total. The van der Waals surface area contributed by atoms with Crippen molar-refractivity contribution < 1.29 is 28.9 Å². The minimum Gasteiger partial charge on any atom is -0.508 e. The number of nitrogens with one attached hydrogen (secondary N) is 2. The van der Waals surface area contributed by atoms with Crippen molar-refractivity contribution >= 4 is 29.1 Å². The van der Waals surface area contributed by atoms with Crippen molar-refractivity contribution in [2.75, 3.05) is 23.2 Å². The van der Waals surface area contributed by atoms with Gasteiger partial charge in [0.2, 0.25) is 12.7 Å². The molecule has 9 heteroatoms. The lowest BCUT2D eigenvalue weighted by molar-refractivity contribution is -0.111. The molecule has 2 amide bonds. The van der Waals surface area contributed by atoms with Crippen LogP contribution < -0.4 is 25.8 Å². The summed E-state index contributed by atoms with van der Waals surface area (Å²) in [6, 6.07) is 18.7. The number of carbonyl (C=O) groups is 2. The zero-order valence-corrected chi connectivity index (χ0v) is 21.3. The largest absolute Gasteiger partial charge is 0.508 e. The van der Waals surface area contributed by atoms with Crippen molar-refractivity contribution in [3.8, 4) is 17.2 Å². The maximum Gasteiger partial charge on any atom is 0.412 e. The second-order valence-electron chi connectivity index (χ2n) is 9.58. The Labute approximate surface area is 221 Å². The van der Waals surface area contributed by atoms with Gasteiger partial charge in [-0.05, 0) is 60.9 Å². The van der Waals surface area contributed by atoms with Crippen molar-refractivity contribution in [3.05, 3.63) is 84.4 Å². The van der Waals surface area contributed by atoms with Gasteiger partial charge >= 0.3 is 6.09 Å². The van der Waals surface area contributed by atoms with Crippen molar-refractivity contribution in [2.45, 2.75) is 32.8 Å². The summed E-state index contributed by atoms with van der Waals surface area (Å²) in [6.07, 6.45) is 3.13. The van der Waals surface area contributed by atoms with Crippen molar-refractivity contribution in [2.24, 2.45) is 5.41 Å². The Morgan fingerprint density at radius 3 is 2.55 bits per heavy atom. The van der Waals surface area contributed by atoms with Gasteiger partial charge in [-0.2, -0.15) is 0 Å². The van der Waals surface area contributed by atoms with E-state index in [0.717, 1.165) is 5.56 Å². The Morgan fingerprint density at radius 2 is 1.79 bits per heavy atom. The van der Waals surface area contributed by atoms with Crippen molar-refractivity contribution in [1.29, 1.82) is 0 Å². The number of rotatable bonds is 9. The molecule has 0 aromatic heterocycles. The van der Waals surface area contributed by atoms with Gasteiger partial charge in [0.1, 0.15) is 11.9 Å². The first kappa shape index (κ1) is 26.4. The van der Waals surface area contributed by atoms with Gasteiger partial charge in [-0.25, -0.2) is 4.79 Å². The van der Waals surface area contributed by atoms with Crippen LogP contribution in [0.1, 0.15) is 38.4 Å². The summed E-state index contributed by atoms with van der Waals surface area (Å²) in [5.74, 6) is 0.989. The van der Waals surface area contributed by atoms with E-state index >= 15 is 0 Å². The van der Waals surface area contributed by atoms with Crippen LogP contribution in [0, 0.1) is 5.41 Å². The highest BCUT2D eigenvalue weighted by Gasteiger charge is 2.34. The number of ether oxygens (including phenoxy) is 3. The van der Waals surface area contributed by atoms with E-state index in [1.165, 1.54) is 6.08 Å². The SMILES string of the molecule is CC(C)(CC/C=C/C(=O)Nc1ccccc1N)[C@H](OC(=O)Nc1ccc2c(c1)OCO2)c1ccc(O)cc1. The zero-order chi connectivity index (χ0) is 27.1. The van der Waals surface area contributed by atoms with Crippen LogP contribution in [0.3, 0.4) is 0 Å². The maximum absolute atomic E-state index is 12.9.